The summed E-state index contributed by atoms with van der Waals surface area (Å²) in [5, 5.41) is 0. The normalized spacial score (nSPS) is 13.8. The van der Waals surface area contributed by atoms with Gasteiger partial charge in [0.1, 0.15) is 5.75 Å². The number of aryl methyl sites for hydroxylation is 1. The highest BCUT2D eigenvalue weighted by atomic mass is 31.2. The maximum absolute atomic E-state index is 11.8. The molecular formula is C15H17O3P. The molecule has 0 aromatic heterocycles. The molecule has 4 heteroatoms. The largest absolute Gasteiger partial charge is 0.424 e. The molecule has 100 valence electrons. The second-order valence-corrected chi connectivity index (χ2v) is 6.50. The van der Waals surface area contributed by atoms with Gasteiger partial charge in [-0.15, -0.1) is 0 Å². The van der Waals surface area contributed by atoms with Crippen LogP contribution >= 0.6 is 7.60 Å². The van der Waals surface area contributed by atoms with Gasteiger partial charge in [0.15, 0.2) is 0 Å². The Morgan fingerprint density at radius 2 is 1.84 bits per heavy atom. The molecule has 0 fully saturated rings. The Hall–Kier alpha value is -1.57. The second-order valence-electron chi connectivity index (χ2n) is 4.41. The molecule has 1 unspecified atom stereocenters. The number of hydrogen-bond acceptors (Lipinski definition) is 2. The molecule has 0 aliphatic rings. The molecule has 1 N–H and O–H groups in total. The first-order valence-electron chi connectivity index (χ1n) is 6.19. The fourth-order valence-corrected chi connectivity index (χ4v) is 2.38. The van der Waals surface area contributed by atoms with Crippen LogP contribution in [0.25, 0.3) is 11.1 Å². The van der Waals surface area contributed by atoms with Crippen LogP contribution in [0, 0.1) is 6.92 Å². The standard InChI is InChI=1S/C15H17O3P/c1-3-19(16,17)18-15-10-9-12(2)11-14(15)13-7-5-4-6-8-13/h4-11H,3H2,1-2H3,(H,16,17). The molecule has 0 heterocycles. The van der Waals surface area contributed by atoms with E-state index in [0.29, 0.717) is 5.75 Å². The van der Waals surface area contributed by atoms with Crippen molar-refractivity contribution in [3.05, 3.63) is 54.1 Å². The predicted octanol–water partition coefficient (Wildman–Crippen LogP) is 4.25. The van der Waals surface area contributed by atoms with Crippen LogP contribution in [0.5, 0.6) is 5.75 Å². The van der Waals surface area contributed by atoms with E-state index in [2.05, 4.69) is 0 Å². The molecule has 3 nitrogen and oxygen atoms in total. The van der Waals surface area contributed by atoms with Gasteiger partial charge in [-0.2, -0.15) is 0 Å². The summed E-state index contributed by atoms with van der Waals surface area (Å²) in [7, 11) is -3.56. The topological polar surface area (TPSA) is 46.5 Å². The fraction of sp³-hybridized carbons (Fsp3) is 0.200. The van der Waals surface area contributed by atoms with Crippen molar-refractivity contribution in [1.29, 1.82) is 0 Å². The Bertz CT molecular complexity index is 608. The van der Waals surface area contributed by atoms with Crippen LogP contribution in [0.4, 0.5) is 0 Å². The molecule has 0 aliphatic carbocycles. The third kappa shape index (κ3) is 3.46. The van der Waals surface area contributed by atoms with E-state index in [1.165, 1.54) is 0 Å². The van der Waals surface area contributed by atoms with Crippen LogP contribution in [0.15, 0.2) is 48.5 Å². The van der Waals surface area contributed by atoms with Crippen LogP contribution in [0.2, 0.25) is 0 Å². The van der Waals surface area contributed by atoms with Crippen LogP contribution < -0.4 is 4.52 Å². The molecule has 0 spiro atoms. The zero-order chi connectivity index (χ0) is 13.9. The van der Waals surface area contributed by atoms with Gasteiger partial charge in [0.25, 0.3) is 0 Å². The minimum atomic E-state index is -3.56. The van der Waals surface area contributed by atoms with Gasteiger partial charge < -0.3 is 9.42 Å². The lowest BCUT2D eigenvalue weighted by atomic mass is 10.0. The Kier molecular flexibility index (Phi) is 4.08. The van der Waals surface area contributed by atoms with Crippen molar-refractivity contribution >= 4 is 7.60 Å². The molecule has 19 heavy (non-hydrogen) atoms. The van der Waals surface area contributed by atoms with E-state index in [-0.39, 0.29) is 6.16 Å². The van der Waals surface area contributed by atoms with Gasteiger partial charge in [-0.25, -0.2) is 4.57 Å². The minimum Gasteiger partial charge on any atom is -0.424 e. The zero-order valence-corrected chi connectivity index (χ0v) is 11.9. The highest BCUT2D eigenvalue weighted by Gasteiger charge is 2.19. The van der Waals surface area contributed by atoms with Crippen LogP contribution in [0.1, 0.15) is 12.5 Å². The molecule has 0 aliphatic heterocycles. The van der Waals surface area contributed by atoms with Gasteiger partial charge in [-0.05, 0) is 24.6 Å². The highest BCUT2D eigenvalue weighted by Crippen LogP contribution is 2.45. The maximum atomic E-state index is 11.8. The summed E-state index contributed by atoms with van der Waals surface area (Å²) in [6.45, 7) is 3.62. The van der Waals surface area contributed by atoms with Crippen LogP contribution in [-0.2, 0) is 4.57 Å². The van der Waals surface area contributed by atoms with Crippen molar-refractivity contribution in [2.75, 3.05) is 6.16 Å². The Balaban J connectivity index is 2.48. The molecule has 2 rings (SSSR count). The summed E-state index contributed by atoms with van der Waals surface area (Å²) >= 11 is 0. The van der Waals surface area contributed by atoms with E-state index in [0.717, 1.165) is 16.7 Å². The molecule has 2 aromatic rings. The van der Waals surface area contributed by atoms with E-state index in [1.54, 1.807) is 13.0 Å². The van der Waals surface area contributed by atoms with Crippen molar-refractivity contribution in [3.63, 3.8) is 0 Å². The summed E-state index contributed by atoms with van der Waals surface area (Å²) < 4.78 is 17.1. The van der Waals surface area contributed by atoms with E-state index in [9.17, 15) is 9.46 Å². The monoisotopic (exact) mass is 276 g/mol. The number of benzene rings is 2. The van der Waals surface area contributed by atoms with Gasteiger partial charge in [0.05, 0.1) is 6.16 Å². The summed E-state index contributed by atoms with van der Waals surface area (Å²) in [6.07, 6.45) is 0.0924. The minimum absolute atomic E-state index is 0.0924. The van der Waals surface area contributed by atoms with E-state index < -0.39 is 7.60 Å². The van der Waals surface area contributed by atoms with Crippen LogP contribution in [0.3, 0.4) is 0 Å². The summed E-state index contributed by atoms with van der Waals surface area (Å²) in [6, 6.07) is 15.3. The third-order valence-electron chi connectivity index (χ3n) is 2.86. The highest BCUT2D eigenvalue weighted by molar-refractivity contribution is 7.53. The molecule has 0 bridgehead atoms. The lowest BCUT2D eigenvalue weighted by Crippen LogP contribution is -1.96. The summed E-state index contributed by atoms with van der Waals surface area (Å²) in [4.78, 5) is 9.65. The first-order valence-corrected chi connectivity index (χ1v) is 7.95. The van der Waals surface area contributed by atoms with Crippen molar-refractivity contribution in [3.8, 4) is 16.9 Å². The first kappa shape index (κ1) is 13.9. The molecule has 0 saturated heterocycles. The maximum Gasteiger partial charge on any atom is 0.376 e. The Morgan fingerprint density at radius 3 is 2.47 bits per heavy atom. The Morgan fingerprint density at radius 1 is 1.16 bits per heavy atom. The Labute approximate surface area is 113 Å². The van der Waals surface area contributed by atoms with Crippen molar-refractivity contribution in [2.24, 2.45) is 0 Å². The average Bonchev–Trinajstić information content (AvgIpc) is 2.42. The molecular weight excluding hydrogens is 259 g/mol. The van der Waals surface area contributed by atoms with Crippen molar-refractivity contribution < 1.29 is 14.0 Å². The quantitative estimate of drug-likeness (QED) is 0.849. The fourth-order valence-electron chi connectivity index (χ4n) is 1.78. The molecule has 0 saturated carbocycles. The second kappa shape index (κ2) is 5.60. The van der Waals surface area contributed by atoms with Gasteiger partial charge in [0, 0.05) is 5.56 Å². The lowest BCUT2D eigenvalue weighted by Gasteiger charge is -2.15. The van der Waals surface area contributed by atoms with Gasteiger partial charge in [0.2, 0.25) is 0 Å². The predicted molar refractivity (Wildman–Crippen MR) is 77.6 cm³/mol. The van der Waals surface area contributed by atoms with Crippen molar-refractivity contribution in [1.82, 2.24) is 0 Å². The summed E-state index contributed by atoms with van der Waals surface area (Å²) in [5.41, 5.74) is 2.89. The van der Waals surface area contributed by atoms with Crippen LogP contribution in [-0.4, -0.2) is 11.1 Å². The number of rotatable bonds is 4. The van der Waals surface area contributed by atoms with Gasteiger partial charge >= 0.3 is 7.60 Å². The summed E-state index contributed by atoms with van der Waals surface area (Å²) in [5.74, 6) is 0.449. The molecule has 1 atom stereocenters. The van der Waals surface area contributed by atoms with Crippen molar-refractivity contribution in [2.45, 2.75) is 13.8 Å². The molecule has 0 amide bonds. The van der Waals surface area contributed by atoms with E-state index in [1.807, 2.05) is 49.4 Å². The average molecular weight is 276 g/mol. The lowest BCUT2D eigenvalue weighted by molar-refractivity contribution is 0.382. The third-order valence-corrected chi connectivity index (χ3v) is 4.14. The smallest absolute Gasteiger partial charge is 0.376 e. The SMILES string of the molecule is CCP(=O)(O)Oc1ccc(C)cc1-c1ccccc1. The molecule has 2 aromatic carbocycles. The van der Waals surface area contributed by atoms with E-state index >= 15 is 0 Å². The first-order chi connectivity index (χ1) is 9.02. The zero-order valence-electron chi connectivity index (χ0n) is 11.0. The number of hydrogen-bond donors (Lipinski definition) is 1. The van der Waals surface area contributed by atoms with Gasteiger partial charge in [-0.1, -0.05) is 48.9 Å². The molecule has 0 radical (unpaired) electrons. The van der Waals surface area contributed by atoms with Gasteiger partial charge in [-0.3, -0.25) is 0 Å². The van der Waals surface area contributed by atoms with E-state index in [4.69, 9.17) is 4.52 Å².